The van der Waals surface area contributed by atoms with Gasteiger partial charge < -0.3 is 19.4 Å². The van der Waals surface area contributed by atoms with Crippen molar-refractivity contribution in [2.45, 2.75) is 69.7 Å². The van der Waals surface area contributed by atoms with E-state index in [1.807, 2.05) is 12.1 Å². The summed E-state index contributed by atoms with van der Waals surface area (Å²) in [7, 11) is 2.21. The third kappa shape index (κ3) is 3.44. The lowest BCUT2D eigenvalue weighted by Crippen LogP contribution is -2.48. The quantitative estimate of drug-likeness (QED) is 0.859. The van der Waals surface area contributed by atoms with E-state index < -0.39 is 0 Å². The predicted octanol–water partition coefficient (Wildman–Crippen LogP) is 3.70. The molecule has 1 aliphatic carbocycles. The number of furan rings is 1. The number of piperidine rings is 1. The van der Waals surface area contributed by atoms with Crippen LogP contribution in [0.2, 0.25) is 0 Å². The van der Waals surface area contributed by atoms with Gasteiger partial charge in [-0.2, -0.15) is 0 Å². The zero-order valence-corrected chi connectivity index (χ0v) is 16.4. The molecule has 2 aliphatic heterocycles. The number of nitrogens with zero attached hydrogens (tertiary/aromatic N) is 1. The molecule has 0 unspecified atom stereocenters. The van der Waals surface area contributed by atoms with Crippen molar-refractivity contribution in [1.82, 2.24) is 10.2 Å². The zero-order valence-electron chi connectivity index (χ0n) is 16.4. The monoisotopic (exact) mass is 380 g/mol. The van der Waals surface area contributed by atoms with E-state index in [1.54, 1.807) is 6.07 Å². The second kappa shape index (κ2) is 7.28. The SMILES string of the molecule is CN1[C@@H]2CC[C@@H]1CC(NC(=O)c1ccc(COc3ccc4c(c3)CCC4)o1)C2. The Kier molecular flexibility index (Phi) is 4.63. The van der Waals surface area contributed by atoms with E-state index in [-0.39, 0.29) is 11.9 Å². The molecule has 3 aliphatic rings. The fourth-order valence-corrected chi connectivity index (χ4v) is 5.16. The molecule has 148 valence electrons. The third-order valence-corrected chi connectivity index (χ3v) is 6.77. The molecule has 1 aromatic carbocycles. The summed E-state index contributed by atoms with van der Waals surface area (Å²) >= 11 is 0. The molecule has 2 fully saturated rings. The van der Waals surface area contributed by atoms with Crippen LogP contribution in [0.25, 0.3) is 0 Å². The van der Waals surface area contributed by atoms with Crippen LogP contribution < -0.4 is 10.1 Å². The number of ether oxygens (including phenoxy) is 1. The van der Waals surface area contributed by atoms with Crippen molar-refractivity contribution in [3.63, 3.8) is 0 Å². The number of carbonyl (C=O) groups is 1. The molecule has 0 spiro atoms. The number of nitrogens with one attached hydrogen (secondary N) is 1. The van der Waals surface area contributed by atoms with Crippen molar-refractivity contribution >= 4 is 5.91 Å². The Labute approximate surface area is 166 Å². The van der Waals surface area contributed by atoms with E-state index in [0.29, 0.717) is 30.2 Å². The maximum atomic E-state index is 12.6. The first-order valence-electron chi connectivity index (χ1n) is 10.5. The van der Waals surface area contributed by atoms with E-state index in [9.17, 15) is 4.79 Å². The summed E-state index contributed by atoms with van der Waals surface area (Å²) in [6.07, 6.45) is 8.11. The lowest BCUT2D eigenvalue weighted by molar-refractivity contribution is 0.0851. The Balaban J connectivity index is 1.16. The van der Waals surface area contributed by atoms with E-state index in [4.69, 9.17) is 9.15 Å². The van der Waals surface area contributed by atoms with Crippen molar-refractivity contribution in [3.8, 4) is 5.75 Å². The van der Waals surface area contributed by atoms with Crippen LogP contribution >= 0.6 is 0 Å². The molecule has 5 rings (SSSR count). The van der Waals surface area contributed by atoms with Gasteiger partial charge in [0.2, 0.25) is 0 Å². The first kappa shape index (κ1) is 17.8. The van der Waals surface area contributed by atoms with Crippen LogP contribution in [0.4, 0.5) is 0 Å². The molecule has 1 aromatic heterocycles. The van der Waals surface area contributed by atoms with Gasteiger partial charge in [-0.1, -0.05) is 6.07 Å². The number of amides is 1. The van der Waals surface area contributed by atoms with Gasteiger partial charge in [-0.05, 0) is 87.4 Å². The molecular formula is C23H28N2O3. The number of carbonyl (C=O) groups excluding carboxylic acids is 1. The minimum Gasteiger partial charge on any atom is -0.486 e. The van der Waals surface area contributed by atoms with Gasteiger partial charge in [0.05, 0.1) is 0 Å². The van der Waals surface area contributed by atoms with Crippen LogP contribution in [0, 0.1) is 0 Å². The Hall–Kier alpha value is -2.27. The largest absolute Gasteiger partial charge is 0.486 e. The maximum absolute atomic E-state index is 12.6. The van der Waals surface area contributed by atoms with Crippen LogP contribution in [0.5, 0.6) is 5.75 Å². The molecule has 3 heterocycles. The summed E-state index contributed by atoms with van der Waals surface area (Å²) in [4.78, 5) is 15.1. The highest BCUT2D eigenvalue weighted by Crippen LogP contribution is 2.34. The van der Waals surface area contributed by atoms with Crippen LogP contribution in [0.15, 0.2) is 34.7 Å². The van der Waals surface area contributed by atoms with Crippen molar-refractivity contribution in [3.05, 3.63) is 53.0 Å². The second-order valence-electron chi connectivity index (χ2n) is 8.53. The van der Waals surface area contributed by atoms with Crippen molar-refractivity contribution in [1.29, 1.82) is 0 Å². The summed E-state index contributed by atoms with van der Waals surface area (Å²) in [5.41, 5.74) is 2.83. The lowest BCUT2D eigenvalue weighted by Gasteiger charge is -2.36. The van der Waals surface area contributed by atoms with Crippen LogP contribution in [-0.4, -0.2) is 36.0 Å². The summed E-state index contributed by atoms with van der Waals surface area (Å²) < 4.78 is 11.6. The Morgan fingerprint density at radius 3 is 2.75 bits per heavy atom. The average Bonchev–Trinajstić information content (AvgIpc) is 3.39. The van der Waals surface area contributed by atoms with Gasteiger partial charge in [0.25, 0.3) is 5.91 Å². The minimum absolute atomic E-state index is 0.113. The van der Waals surface area contributed by atoms with Crippen molar-refractivity contribution in [2.24, 2.45) is 0 Å². The summed E-state index contributed by atoms with van der Waals surface area (Å²) in [6, 6.07) is 11.4. The van der Waals surface area contributed by atoms with Gasteiger partial charge in [0, 0.05) is 18.1 Å². The summed E-state index contributed by atoms with van der Waals surface area (Å²) in [6.45, 7) is 0.338. The molecule has 5 nitrogen and oxygen atoms in total. The molecule has 5 heteroatoms. The van der Waals surface area contributed by atoms with Gasteiger partial charge >= 0.3 is 0 Å². The number of benzene rings is 1. The van der Waals surface area contributed by atoms with E-state index >= 15 is 0 Å². The highest BCUT2D eigenvalue weighted by atomic mass is 16.5. The van der Waals surface area contributed by atoms with Crippen LogP contribution in [0.3, 0.4) is 0 Å². The van der Waals surface area contributed by atoms with E-state index in [2.05, 4.69) is 29.4 Å². The van der Waals surface area contributed by atoms with Crippen molar-refractivity contribution < 1.29 is 13.9 Å². The van der Waals surface area contributed by atoms with Gasteiger partial charge in [0.1, 0.15) is 18.1 Å². The fraction of sp³-hybridized carbons (Fsp3) is 0.522. The molecule has 1 amide bonds. The Morgan fingerprint density at radius 1 is 1.14 bits per heavy atom. The van der Waals surface area contributed by atoms with Crippen molar-refractivity contribution in [2.75, 3.05) is 7.05 Å². The molecule has 1 N–H and O–H groups in total. The second-order valence-corrected chi connectivity index (χ2v) is 8.53. The summed E-state index contributed by atoms with van der Waals surface area (Å²) in [5.74, 6) is 1.80. The maximum Gasteiger partial charge on any atom is 0.287 e. The number of rotatable bonds is 5. The molecule has 2 bridgehead atoms. The van der Waals surface area contributed by atoms with Gasteiger partial charge in [-0.15, -0.1) is 0 Å². The van der Waals surface area contributed by atoms with Crippen LogP contribution in [0.1, 0.15) is 59.5 Å². The normalized spacial score (nSPS) is 26.2. The van der Waals surface area contributed by atoms with Gasteiger partial charge in [-0.25, -0.2) is 0 Å². The topological polar surface area (TPSA) is 54.7 Å². The highest BCUT2D eigenvalue weighted by molar-refractivity contribution is 5.91. The number of hydrogen-bond donors (Lipinski definition) is 1. The first-order valence-corrected chi connectivity index (χ1v) is 10.5. The lowest BCUT2D eigenvalue weighted by atomic mass is 9.98. The zero-order chi connectivity index (χ0) is 19.1. The van der Waals surface area contributed by atoms with Crippen LogP contribution in [-0.2, 0) is 19.4 Å². The molecule has 2 aromatic rings. The number of fused-ring (bicyclic) bond motifs is 3. The molecule has 2 atom stereocenters. The molecular weight excluding hydrogens is 352 g/mol. The molecule has 0 radical (unpaired) electrons. The van der Waals surface area contributed by atoms with Gasteiger partial charge in [-0.3, -0.25) is 4.79 Å². The standard InChI is InChI=1S/C23H28N2O3/c1-25-18-6-7-19(25)13-17(12-18)24-23(26)22-10-9-21(28-22)14-27-20-8-5-15-3-2-4-16(15)11-20/h5,8-11,17-19H,2-4,6-7,12-14H2,1H3,(H,24,26)/t18-,19-/m1/s1. The van der Waals surface area contributed by atoms with E-state index in [1.165, 1.54) is 36.8 Å². The average molecular weight is 380 g/mol. The van der Waals surface area contributed by atoms with Gasteiger partial charge in [0.15, 0.2) is 5.76 Å². The van der Waals surface area contributed by atoms with E-state index in [0.717, 1.165) is 25.0 Å². The molecule has 2 saturated heterocycles. The highest BCUT2D eigenvalue weighted by Gasteiger charge is 2.39. The smallest absolute Gasteiger partial charge is 0.287 e. The predicted molar refractivity (Wildman–Crippen MR) is 107 cm³/mol. The summed E-state index contributed by atoms with van der Waals surface area (Å²) in [5, 5.41) is 3.17. The molecule has 28 heavy (non-hydrogen) atoms. The fourth-order valence-electron chi connectivity index (χ4n) is 5.16. The Bertz CT molecular complexity index is 860. The number of hydrogen-bond acceptors (Lipinski definition) is 4. The minimum atomic E-state index is -0.113. The Morgan fingerprint density at radius 2 is 1.93 bits per heavy atom. The third-order valence-electron chi connectivity index (χ3n) is 6.77. The molecule has 0 saturated carbocycles. The number of aryl methyl sites for hydroxylation is 2. The first-order chi connectivity index (χ1) is 13.7.